The zero-order valence-electron chi connectivity index (χ0n) is 18.0. The molecule has 1 fully saturated rings. The van der Waals surface area contributed by atoms with E-state index >= 15 is 0 Å². The predicted molar refractivity (Wildman–Crippen MR) is 122 cm³/mol. The van der Waals surface area contributed by atoms with Crippen LogP contribution in [-0.2, 0) is 14.8 Å². The van der Waals surface area contributed by atoms with Gasteiger partial charge in [-0.2, -0.15) is 0 Å². The summed E-state index contributed by atoms with van der Waals surface area (Å²) in [6.45, 7) is 4.79. The summed E-state index contributed by atoms with van der Waals surface area (Å²) in [4.78, 5) is 17.2. The second-order valence-electron chi connectivity index (χ2n) is 7.61. The molecule has 9 heteroatoms. The number of hydrogen-bond acceptors (Lipinski definition) is 6. The molecule has 1 aliphatic heterocycles. The average molecular weight is 447 g/mol. The second-order valence-corrected chi connectivity index (χ2v) is 9.29. The van der Waals surface area contributed by atoms with Gasteiger partial charge in [-0.25, -0.2) is 8.42 Å². The number of anilines is 2. The maximum atomic E-state index is 12.9. The maximum absolute atomic E-state index is 12.9. The van der Waals surface area contributed by atoms with Gasteiger partial charge in [-0.15, -0.1) is 0 Å². The Kier molecular flexibility index (Phi) is 7.89. The van der Waals surface area contributed by atoms with Crippen LogP contribution >= 0.6 is 0 Å². The molecule has 1 amide bonds. The lowest BCUT2D eigenvalue weighted by Crippen LogP contribution is -2.38. The van der Waals surface area contributed by atoms with Gasteiger partial charge < -0.3 is 15.0 Å². The zero-order valence-corrected chi connectivity index (χ0v) is 18.8. The average Bonchev–Trinajstić information content (AvgIpc) is 2.77. The van der Waals surface area contributed by atoms with Crippen molar-refractivity contribution >= 4 is 27.3 Å². The highest BCUT2D eigenvalue weighted by Gasteiger charge is 2.18. The molecule has 2 aromatic rings. The fourth-order valence-corrected chi connectivity index (χ4v) is 4.48. The van der Waals surface area contributed by atoms with Crippen molar-refractivity contribution in [3.05, 3.63) is 54.1 Å². The number of hydrogen-bond donors (Lipinski definition) is 2. The van der Waals surface area contributed by atoms with Gasteiger partial charge in [0.05, 0.1) is 23.7 Å². The van der Waals surface area contributed by atoms with Crippen molar-refractivity contribution in [3.8, 4) is 0 Å². The number of benzene rings is 2. The van der Waals surface area contributed by atoms with Crippen molar-refractivity contribution in [1.82, 2.24) is 10.2 Å². The summed E-state index contributed by atoms with van der Waals surface area (Å²) in [5.74, 6) is -0.230. The molecule has 31 heavy (non-hydrogen) atoms. The summed E-state index contributed by atoms with van der Waals surface area (Å²) >= 11 is 0. The molecule has 0 bridgehead atoms. The number of amides is 1. The van der Waals surface area contributed by atoms with Crippen LogP contribution in [0, 0.1) is 0 Å². The number of nitrogens with zero attached hydrogens (tertiary/aromatic N) is 2. The first-order valence-electron chi connectivity index (χ1n) is 10.3. The van der Waals surface area contributed by atoms with Crippen LogP contribution in [0.2, 0.25) is 0 Å². The Labute approximate surface area is 184 Å². The molecule has 0 radical (unpaired) electrons. The van der Waals surface area contributed by atoms with E-state index in [1.807, 2.05) is 19.0 Å². The molecule has 2 aromatic carbocycles. The van der Waals surface area contributed by atoms with Crippen molar-refractivity contribution in [1.29, 1.82) is 0 Å². The fourth-order valence-electron chi connectivity index (χ4n) is 3.41. The molecular weight excluding hydrogens is 416 g/mol. The quantitative estimate of drug-likeness (QED) is 0.573. The van der Waals surface area contributed by atoms with E-state index in [4.69, 9.17) is 4.74 Å². The third-order valence-corrected chi connectivity index (χ3v) is 6.47. The highest BCUT2D eigenvalue weighted by Crippen LogP contribution is 2.25. The third kappa shape index (κ3) is 6.43. The largest absolute Gasteiger partial charge is 0.379 e. The molecule has 168 valence electrons. The van der Waals surface area contributed by atoms with Crippen molar-refractivity contribution in [3.63, 3.8) is 0 Å². The Morgan fingerprint density at radius 3 is 2.48 bits per heavy atom. The zero-order chi connectivity index (χ0) is 22.3. The van der Waals surface area contributed by atoms with Crippen LogP contribution in [0.3, 0.4) is 0 Å². The molecule has 0 atom stereocenters. The van der Waals surface area contributed by atoms with Gasteiger partial charge in [0.15, 0.2) is 0 Å². The van der Waals surface area contributed by atoms with E-state index in [1.54, 1.807) is 36.4 Å². The molecule has 8 nitrogen and oxygen atoms in total. The topological polar surface area (TPSA) is 91.0 Å². The Morgan fingerprint density at radius 1 is 1.10 bits per heavy atom. The van der Waals surface area contributed by atoms with Gasteiger partial charge in [-0.3, -0.25) is 14.4 Å². The lowest BCUT2D eigenvalue weighted by molar-refractivity contribution is 0.0374. The number of nitrogens with one attached hydrogen (secondary N) is 2. The number of carbonyl (C=O) groups is 1. The molecule has 0 saturated carbocycles. The van der Waals surface area contributed by atoms with Gasteiger partial charge in [0.1, 0.15) is 0 Å². The number of carbonyl (C=O) groups excluding carboxylic acids is 1. The molecule has 1 aliphatic rings. The number of ether oxygens (including phenoxy) is 1. The van der Waals surface area contributed by atoms with Gasteiger partial charge in [-0.1, -0.05) is 18.2 Å². The number of morpholine rings is 1. The van der Waals surface area contributed by atoms with Crippen LogP contribution in [0.15, 0.2) is 53.4 Å². The minimum absolute atomic E-state index is 0.167. The van der Waals surface area contributed by atoms with E-state index in [9.17, 15) is 13.2 Å². The first-order valence-corrected chi connectivity index (χ1v) is 11.8. The van der Waals surface area contributed by atoms with Crippen LogP contribution in [-0.4, -0.2) is 72.7 Å². The summed E-state index contributed by atoms with van der Waals surface area (Å²) in [6, 6.07) is 13.1. The van der Waals surface area contributed by atoms with E-state index in [1.165, 1.54) is 12.1 Å². The van der Waals surface area contributed by atoms with E-state index in [0.717, 1.165) is 39.3 Å². The fraction of sp³-hybridized carbons (Fsp3) is 0.409. The minimum atomic E-state index is -3.73. The molecule has 0 spiro atoms. The minimum Gasteiger partial charge on any atom is -0.379 e. The Hall–Kier alpha value is -2.62. The van der Waals surface area contributed by atoms with Gasteiger partial charge in [0, 0.05) is 45.1 Å². The lowest BCUT2D eigenvalue weighted by atomic mass is 10.1. The number of rotatable bonds is 9. The third-order valence-electron chi connectivity index (χ3n) is 5.07. The van der Waals surface area contributed by atoms with Gasteiger partial charge in [0.2, 0.25) is 0 Å². The Bertz CT molecular complexity index is 974. The van der Waals surface area contributed by atoms with Gasteiger partial charge >= 0.3 is 0 Å². The Morgan fingerprint density at radius 2 is 1.81 bits per heavy atom. The SMILES string of the molecule is CN(C)c1ccc(NS(=O)(=O)c2ccccc2)cc1C(=O)NCCCN1CCOCC1. The van der Waals surface area contributed by atoms with E-state index < -0.39 is 10.0 Å². The highest BCUT2D eigenvalue weighted by atomic mass is 32.2. The van der Waals surface area contributed by atoms with Crippen LogP contribution in [0.1, 0.15) is 16.8 Å². The summed E-state index contributed by atoms with van der Waals surface area (Å²) in [5.41, 5.74) is 1.48. The molecule has 1 saturated heterocycles. The van der Waals surface area contributed by atoms with Crippen molar-refractivity contribution in [2.24, 2.45) is 0 Å². The molecule has 2 N–H and O–H groups in total. The monoisotopic (exact) mass is 446 g/mol. The number of sulfonamides is 1. The Balaban J connectivity index is 1.67. The molecule has 0 unspecified atom stereocenters. The highest BCUT2D eigenvalue weighted by molar-refractivity contribution is 7.92. The maximum Gasteiger partial charge on any atom is 0.261 e. The molecule has 0 aliphatic carbocycles. The first kappa shape index (κ1) is 23.1. The second kappa shape index (κ2) is 10.6. The summed E-state index contributed by atoms with van der Waals surface area (Å²) in [5, 5.41) is 2.95. The van der Waals surface area contributed by atoms with E-state index in [-0.39, 0.29) is 10.8 Å². The van der Waals surface area contributed by atoms with Crippen LogP contribution in [0.5, 0.6) is 0 Å². The molecule has 0 aromatic heterocycles. The standard InChI is InChI=1S/C22H30N4O4S/c1-25(2)21-10-9-18(24-31(28,29)19-7-4-3-5-8-19)17-20(21)22(27)23-11-6-12-26-13-15-30-16-14-26/h3-5,7-10,17,24H,6,11-16H2,1-2H3,(H,23,27). The summed E-state index contributed by atoms with van der Waals surface area (Å²) in [7, 11) is -0.0421. The molecule has 3 rings (SSSR count). The smallest absolute Gasteiger partial charge is 0.261 e. The predicted octanol–water partition coefficient (Wildman–Crippen LogP) is 2.01. The van der Waals surface area contributed by atoms with Crippen LogP contribution in [0.25, 0.3) is 0 Å². The molecular formula is C22H30N4O4S. The van der Waals surface area contributed by atoms with E-state index in [2.05, 4.69) is 14.9 Å². The normalized spacial score (nSPS) is 14.8. The van der Waals surface area contributed by atoms with Crippen LogP contribution in [0.4, 0.5) is 11.4 Å². The summed E-state index contributed by atoms with van der Waals surface area (Å²) in [6.07, 6.45) is 0.837. The van der Waals surface area contributed by atoms with Crippen molar-refractivity contribution < 1.29 is 17.9 Å². The summed E-state index contributed by atoms with van der Waals surface area (Å²) < 4.78 is 33.2. The van der Waals surface area contributed by atoms with Crippen molar-refractivity contribution in [2.45, 2.75) is 11.3 Å². The van der Waals surface area contributed by atoms with Crippen LogP contribution < -0.4 is 14.9 Å². The lowest BCUT2D eigenvalue weighted by Gasteiger charge is -2.26. The molecule has 1 heterocycles. The van der Waals surface area contributed by atoms with E-state index in [0.29, 0.717) is 23.5 Å². The first-order chi connectivity index (χ1) is 14.9. The van der Waals surface area contributed by atoms with Crippen molar-refractivity contribution in [2.75, 3.05) is 63.1 Å². The van der Waals surface area contributed by atoms with Gasteiger partial charge in [-0.05, 0) is 43.3 Å². The van der Waals surface area contributed by atoms with Gasteiger partial charge in [0.25, 0.3) is 15.9 Å².